The van der Waals surface area contributed by atoms with Crippen LogP contribution in [0.2, 0.25) is 0 Å². The average molecular weight is 216 g/mol. The molecule has 1 fully saturated rings. The lowest BCUT2D eigenvalue weighted by Crippen LogP contribution is -2.29. The molecule has 88 valence electrons. The lowest BCUT2D eigenvalue weighted by atomic mass is 10.2. The SMILES string of the molecule is COC(=O)C(OCCOC(C)C)C1CC1. The molecule has 0 aromatic carbocycles. The summed E-state index contributed by atoms with van der Waals surface area (Å²) in [6, 6.07) is 0. The van der Waals surface area contributed by atoms with E-state index in [9.17, 15) is 4.79 Å². The molecule has 0 aromatic heterocycles. The highest BCUT2D eigenvalue weighted by atomic mass is 16.6. The summed E-state index contributed by atoms with van der Waals surface area (Å²) in [7, 11) is 1.39. The fourth-order valence-electron chi connectivity index (χ4n) is 1.37. The smallest absolute Gasteiger partial charge is 0.335 e. The zero-order chi connectivity index (χ0) is 11.3. The van der Waals surface area contributed by atoms with Crippen molar-refractivity contribution < 1.29 is 19.0 Å². The molecule has 1 unspecified atom stereocenters. The summed E-state index contributed by atoms with van der Waals surface area (Å²) in [5.74, 6) is 0.0959. The van der Waals surface area contributed by atoms with E-state index in [2.05, 4.69) is 4.74 Å². The number of carbonyl (C=O) groups excluding carboxylic acids is 1. The monoisotopic (exact) mass is 216 g/mol. The standard InChI is InChI=1S/C11H20O4/c1-8(2)14-6-7-15-10(9-4-5-9)11(12)13-3/h8-10H,4-7H2,1-3H3. The zero-order valence-electron chi connectivity index (χ0n) is 9.69. The van der Waals surface area contributed by atoms with Crippen LogP contribution in [0.25, 0.3) is 0 Å². The molecule has 0 amide bonds. The van der Waals surface area contributed by atoms with Gasteiger partial charge in [0.15, 0.2) is 6.10 Å². The molecular weight excluding hydrogens is 196 g/mol. The maximum atomic E-state index is 11.3. The molecule has 0 spiro atoms. The Hall–Kier alpha value is -0.610. The Morgan fingerprint density at radius 1 is 1.27 bits per heavy atom. The maximum Gasteiger partial charge on any atom is 0.335 e. The second-order valence-corrected chi connectivity index (χ2v) is 4.07. The summed E-state index contributed by atoms with van der Waals surface area (Å²) in [4.78, 5) is 11.3. The van der Waals surface area contributed by atoms with Gasteiger partial charge in [0, 0.05) is 0 Å². The number of rotatable bonds is 7. The van der Waals surface area contributed by atoms with Gasteiger partial charge in [-0.3, -0.25) is 0 Å². The van der Waals surface area contributed by atoms with E-state index in [1.54, 1.807) is 0 Å². The van der Waals surface area contributed by atoms with Crippen LogP contribution < -0.4 is 0 Å². The molecular formula is C11H20O4. The van der Waals surface area contributed by atoms with Crippen molar-refractivity contribution >= 4 is 5.97 Å². The predicted octanol–water partition coefficient (Wildman–Crippen LogP) is 1.38. The van der Waals surface area contributed by atoms with Gasteiger partial charge in [-0.05, 0) is 32.6 Å². The second kappa shape index (κ2) is 6.08. The molecule has 1 atom stereocenters. The largest absolute Gasteiger partial charge is 0.467 e. The van der Waals surface area contributed by atoms with Crippen LogP contribution in [0.3, 0.4) is 0 Å². The molecule has 1 aliphatic rings. The van der Waals surface area contributed by atoms with Gasteiger partial charge in [0.25, 0.3) is 0 Å². The minimum absolute atomic E-state index is 0.200. The molecule has 1 aliphatic carbocycles. The van der Waals surface area contributed by atoms with Gasteiger partial charge in [0.1, 0.15) is 0 Å². The first-order valence-corrected chi connectivity index (χ1v) is 5.46. The van der Waals surface area contributed by atoms with Crippen LogP contribution in [0, 0.1) is 5.92 Å². The molecule has 1 rings (SSSR count). The van der Waals surface area contributed by atoms with Gasteiger partial charge < -0.3 is 14.2 Å². The van der Waals surface area contributed by atoms with Crippen molar-refractivity contribution in [2.24, 2.45) is 5.92 Å². The van der Waals surface area contributed by atoms with Crippen molar-refractivity contribution in [3.05, 3.63) is 0 Å². The van der Waals surface area contributed by atoms with E-state index in [0.717, 1.165) is 12.8 Å². The van der Waals surface area contributed by atoms with Gasteiger partial charge in [-0.15, -0.1) is 0 Å². The molecule has 15 heavy (non-hydrogen) atoms. The minimum atomic E-state index is -0.384. The highest BCUT2D eigenvalue weighted by Gasteiger charge is 2.37. The summed E-state index contributed by atoms with van der Waals surface area (Å²) >= 11 is 0. The summed E-state index contributed by atoms with van der Waals surface area (Å²) in [6.07, 6.45) is 1.94. The lowest BCUT2D eigenvalue weighted by Gasteiger charge is -2.15. The number of hydrogen-bond acceptors (Lipinski definition) is 4. The Balaban J connectivity index is 2.17. The third-order valence-electron chi connectivity index (χ3n) is 2.32. The van der Waals surface area contributed by atoms with Gasteiger partial charge in [0.2, 0.25) is 0 Å². The van der Waals surface area contributed by atoms with Gasteiger partial charge >= 0.3 is 5.97 Å². The highest BCUT2D eigenvalue weighted by Crippen LogP contribution is 2.34. The Morgan fingerprint density at radius 3 is 2.33 bits per heavy atom. The van der Waals surface area contributed by atoms with Crippen LogP contribution in [0.5, 0.6) is 0 Å². The normalized spacial score (nSPS) is 17.9. The number of esters is 1. The molecule has 0 heterocycles. The second-order valence-electron chi connectivity index (χ2n) is 4.07. The van der Waals surface area contributed by atoms with Crippen molar-refractivity contribution in [1.29, 1.82) is 0 Å². The summed E-state index contributed by atoms with van der Waals surface area (Å²) in [5.41, 5.74) is 0. The molecule has 4 heteroatoms. The Bertz CT molecular complexity index is 199. The first-order chi connectivity index (χ1) is 7.15. The van der Waals surface area contributed by atoms with Crippen LogP contribution in [0.15, 0.2) is 0 Å². The highest BCUT2D eigenvalue weighted by molar-refractivity contribution is 5.75. The molecule has 0 aromatic rings. The molecule has 0 N–H and O–H groups in total. The van der Waals surface area contributed by atoms with Gasteiger partial charge in [-0.2, -0.15) is 0 Å². The predicted molar refractivity (Wildman–Crippen MR) is 55.6 cm³/mol. The van der Waals surface area contributed by atoms with Crippen molar-refractivity contribution in [3.8, 4) is 0 Å². The average Bonchev–Trinajstić information content (AvgIpc) is 3.00. The molecule has 0 radical (unpaired) electrons. The quantitative estimate of drug-likeness (QED) is 0.476. The maximum absolute atomic E-state index is 11.3. The van der Waals surface area contributed by atoms with E-state index in [4.69, 9.17) is 9.47 Å². The van der Waals surface area contributed by atoms with Crippen molar-refractivity contribution in [2.75, 3.05) is 20.3 Å². The van der Waals surface area contributed by atoms with Crippen LogP contribution in [-0.2, 0) is 19.0 Å². The summed E-state index contributed by atoms with van der Waals surface area (Å²) in [6.45, 7) is 4.92. The van der Waals surface area contributed by atoms with Crippen LogP contribution in [0.1, 0.15) is 26.7 Å². The molecule has 0 bridgehead atoms. The number of methoxy groups -OCH3 is 1. The molecule has 0 saturated heterocycles. The van der Waals surface area contributed by atoms with E-state index in [-0.39, 0.29) is 18.2 Å². The van der Waals surface area contributed by atoms with Crippen molar-refractivity contribution in [2.45, 2.75) is 38.9 Å². The molecule has 1 saturated carbocycles. The van der Waals surface area contributed by atoms with Crippen molar-refractivity contribution in [3.63, 3.8) is 0 Å². The van der Waals surface area contributed by atoms with E-state index in [0.29, 0.717) is 19.1 Å². The summed E-state index contributed by atoms with van der Waals surface area (Å²) < 4.78 is 15.5. The third kappa shape index (κ3) is 4.62. The minimum Gasteiger partial charge on any atom is -0.467 e. The number of hydrogen-bond donors (Lipinski definition) is 0. The number of carbonyl (C=O) groups is 1. The van der Waals surface area contributed by atoms with E-state index < -0.39 is 0 Å². The van der Waals surface area contributed by atoms with E-state index >= 15 is 0 Å². The van der Waals surface area contributed by atoms with E-state index in [1.165, 1.54) is 7.11 Å². The van der Waals surface area contributed by atoms with Crippen molar-refractivity contribution in [1.82, 2.24) is 0 Å². The lowest BCUT2D eigenvalue weighted by molar-refractivity contribution is -0.156. The van der Waals surface area contributed by atoms with Crippen LogP contribution >= 0.6 is 0 Å². The number of ether oxygens (including phenoxy) is 3. The Labute approximate surface area is 90.9 Å². The zero-order valence-corrected chi connectivity index (χ0v) is 9.69. The fraction of sp³-hybridized carbons (Fsp3) is 0.909. The molecule has 4 nitrogen and oxygen atoms in total. The van der Waals surface area contributed by atoms with Gasteiger partial charge in [0.05, 0.1) is 26.4 Å². The van der Waals surface area contributed by atoms with Crippen LogP contribution in [-0.4, -0.2) is 38.5 Å². The van der Waals surface area contributed by atoms with Crippen LogP contribution in [0.4, 0.5) is 0 Å². The van der Waals surface area contributed by atoms with E-state index in [1.807, 2.05) is 13.8 Å². The summed E-state index contributed by atoms with van der Waals surface area (Å²) in [5, 5.41) is 0. The van der Waals surface area contributed by atoms with Gasteiger partial charge in [-0.1, -0.05) is 0 Å². The topological polar surface area (TPSA) is 44.8 Å². The molecule has 0 aliphatic heterocycles. The Kier molecular flexibility index (Phi) is 5.05. The first kappa shape index (κ1) is 12.5. The third-order valence-corrected chi connectivity index (χ3v) is 2.32. The van der Waals surface area contributed by atoms with Gasteiger partial charge in [-0.25, -0.2) is 4.79 Å². The Morgan fingerprint density at radius 2 is 1.87 bits per heavy atom. The first-order valence-electron chi connectivity index (χ1n) is 5.46. The fourth-order valence-corrected chi connectivity index (χ4v) is 1.37.